The molecule has 6 aliphatic rings. The lowest BCUT2D eigenvalue weighted by Gasteiger charge is -2.31. The molecule has 0 unspecified atom stereocenters. The summed E-state index contributed by atoms with van der Waals surface area (Å²) < 4.78 is 20.0. The molecule has 24 rings (SSSR count). The smallest absolute Gasteiger partial charge is 0.524 e. The first-order valence-electron chi connectivity index (χ1n) is 39.5. The second-order valence-electron chi connectivity index (χ2n) is 29.6. The Morgan fingerprint density at radius 1 is 0.171 bits per heavy atom. The van der Waals surface area contributed by atoms with E-state index in [2.05, 4.69) is 324 Å². The molecule has 11 nitrogen and oxygen atoms in total. The van der Waals surface area contributed by atoms with E-state index in [1.807, 2.05) is 97.1 Å². The number of fused-ring (bicyclic) bond motifs is 24. The van der Waals surface area contributed by atoms with E-state index >= 15 is 0 Å². The predicted molar refractivity (Wildman–Crippen MR) is 477 cm³/mol. The Labute approximate surface area is 679 Å². The van der Waals surface area contributed by atoms with Crippen LogP contribution in [0.5, 0.6) is 17.2 Å². The Balaban J connectivity index is 0.000000106. The highest BCUT2D eigenvalue weighted by molar-refractivity contribution is 6.78. The lowest BCUT2D eigenvalue weighted by atomic mass is 9.65. The Bertz CT molecular complexity index is 6050. The largest absolute Gasteiger partial charge is 0.536 e. The first-order valence-corrected chi connectivity index (χ1v) is 39.5. The number of aromatic nitrogens is 5. The highest BCUT2D eigenvalue weighted by atomic mass is 16.5. The molecule has 0 bridgehead atoms. The molecule has 6 aliphatic heterocycles. The Kier molecular flexibility index (Phi) is 16.9. The first kappa shape index (κ1) is 68.4. The number of pyridine rings is 1. The van der Waals surface area contributed by atoms with Crippen LogP contribution in [0.15, 0.2) is 406 Å². The van der Waals surface area contributed by atoms with Crippen LogP contribution in [0.1, 0.15) is 0 Å². The normalized spacial score (nSPS) is 12.7. The van der Waals surface area contributed by atoms with Crippen LogP contribution in [-0.2, 0) is 0 Å². The molecule has 0 amide bonds. The molecule has 0 spiro atoms. The van der Waals surface area contributed by atoms with Crippen molar-refractivity contribution >= 4 is 71.7 Å². The molecular weight excluding hydrogens is 1430 g/mol. The Hall–Kier alpha value is -15.4. The van der Waals surface area contributed by atoms with Gasteiger partial charge in [-0.15, -0.1) is 0 Å². The van der Waals surface area contributed by atoms with Gasteiger partial charge in [-0.05, 0) is 129 Å². The molecule has 0 saturated carbocycles. The van der Waals surface area contributed by atoms with Crippen LogP contribution >= 0.6 is 0 Å². The minimum Gasteiger partial charge on any atom is -0.536 e. The highest BCUT2D eigenvalue weighted by Gasteiger charge is 2.48. The van der Waals surface area contributed by atoms with E-state index in [0.29, 0.717) is 11.6 Å². The summed E-state index contributed by atoms with van der Waals surface area (Å²) in [5.74, 6) is 3.93. The van der Waals surface area contributed by atoms with Gasteiger partial charge >= 0.3 is 21.2 Å². The molecule has 15 aromatic carbocycles. The molecule has 3 aromatic heterocycles. The molecule has 9 heterocycles. The quantitative estimate of drug-likeness (QED) is 0.129. The van der Waals surface area contributed by atoms with E-state index in [-0.39, 0.29) is 21.2 Å². The summed E-state index contributed by atoms with van der Waals surface area (Å²) in [6, 6.07) is 141. The summed E-state index contributed by atoms with van der Waals surface area (Å²) in [5, 5.41) is 0. The fourth-order valence-electron chi connectivity index (χ4n) is 17.2. The zero-order chi connectivity index (χ0) is 77.3. The van der Waals surface area contributed by atoms with Gasteiger partial charge in [0.05, 0.1) is 51.2 Å². The molecule has 14 heteroatoms. The Morgan fingerprint density at radius 3 is 0.786 bits per heavy atom. The predicted octanol–water partition coefficient (Wildman–Crippen LogP) is 22.8. The third-order valence-corrected chi connectivity index (χ3v) is 22.7. The molecule has 546 valence electrons. The number of rotatable bonds is 9. The van der Waals surface area contributed by atoms with Gasteiger partial charge < -0.3 is 28.4 Å². The monoisotopic (exact) mass is 1500 g/mol. The van der Waals surface area contributed by atoms with Crippen molar-refractivity contribution in [3.05, 3.63) is 406 Å². The molecule has 18 aromatic rings. The van der Waals surface area contributed by atoms with Crippen LogP contribution in [0.2, 0.25) is 0 Å². The summed E-state index contributed by atoms with van der Waals surface area (Å²) in [4.78, 5) is 32.0. The van der Waals surface area contributed by atoms with Crippen molar-refractivity contribution in [3.8, 4) is 152 Å². The van der Waals surface area contributed by atoms with E-state index in [1.54, 1.807) is 0 Å². The minimum atomic E-state index is -0.210. The standard InChI is InChI=1S/C35H23BN2O.2C34H22BN3O/c1-3-11-24(12-4-1)27-21-31(25-13-5-2-6-14-25)37-32(22-27)26-19-20-34-35(23-26)39-36-30-17-9-7-15-28(30)29-16-8-10-18-33(29)38(34)36;1-3-11-23(12-4-1)29-22-30(37-34(36-29)24-13-5-2-6-14-24)25-19-20-32-33(21-25)39-35-28-17-9-7-15-26(28)27-16-8-10-18-31(27)38(32)35;1-3-11-23(12-4-1)29-22-30(24-13-5-2-6-14-24)37-34(36-29)25-19-20-32-33(21-25)39-35-28-17-9-7-15-26(28)27-16-8-10-18-31(27)38(32)35/h1-23H;2*1-22H. The fraction of sp³-hybridized carbons (Fsp3) is 0. The van der Waals surface area contributed by atoms with Gasteiger partial charge in [-0.1, -0.05) is 322 Å². The maximum Gasteiger partial charge on any atom is 0.524 e. The van der Waals surface area contributed by atoms with Crippen LogP contribution in [0.25, 0.3) is 135 Å². The second kappa shape index (κ2) is 29.0. The average molecular weight is 1500 g/mol. The molecule has 117 heavy (non-hydrogen) atoms. The molecule has 0 saturated heterocycles. The van der Waals surface area contributed by atoms with Gasteiger partial charge in [0.2, 0.25) is 0 Å². The third kappa shape index (κ3) is 12.3. The lowest BCUT2D eigenvalue weighted by Crippen LogP contribution is -2.50. The SMILES string of the molecule is c1ccc(-c2cc(-c3ccc4c(c3)OB3c5ccccc5-c5ccccc5N34)nc(-c3ccccc3)n2)cc1.c1ccc(-c2cc(-c3ccccc3)nc(-c3ccc4c(c3)OB3c5ccccc5-c5ccccc5N34)c2)cc1.c1ccc(-c2cc(-c3ccccc3)nc(-c3ccc4c(c3)OB3c5ccccc5-c5ccccc5N34)n2)cc1. The van der Waals surface area contributed by atoms with Crippen molar-refractivity contribution in [2.75, 3.05) is 14.4 Å². The fourth-order valence-corrected chi connectivity index (χ4v) is 17.2. The van der Waals surface area contributed by atoms with Gasteiger partial charge in [-0.3, -0.25) is 0 Å². The van der Waals surface area contributed by atoms with Crippen molar-refractivity contribution in [2.45, 2.75) is 0 Å². The maximum atomic E-state index is 6.68. The van der Waals surface area contributed by atoms with Crippen LogP contribution in [0, 0.1) is 0 Å². The summed E-state index contributed by atoms with van der Waals surface area (Å²) >= 11 is 0. The summed E-state index contributed by atoms with van der Waals surface area (Å²) in [6.45, 7) is 0. The van der Waals surface area contributed by atoms with Crippen molar-refractivity contribution < 1.29 is 14.0 Å². The van der Waals surface area contributed by atoms with Crippen LogP contribution in [0.3, 0.4) is 0 Å². The Morgan fingerprint density at radius 2 is 0.427 bits per heavy atom. The van der Waals surface area contributed by atoms with Crippen LogP contribution in [-0.4, -0.2) is 46.1 Å². The highest BCUT2D eigenvalue weighted by Crippen LogP contribution is 2.52. The number of nitrogens with zero attached hydrogens (tertiary/aromatic N) is 8. The number of hydrogen-bond donors (Lipinski definition) is 0. The van der Waals surface area contributed by atoms with E-state index < -0.39 is 0 Å². The van der Waals surface area contributed by atoms with E-state index in [9.17, 15) is 0 Å². The van der Waals surface area contributed by atoms with Gasteiger partial charge in [0, 0.05) is 78.3 Å². The average Bonchev–Trinajstić information content (AvgIpc) is 1.60. The molecular formula is C103H67B3N8O3. The topological polar surface area (TPSA) is 102 Å². The molecule has 0 aliphatic carbocycles. The van der Waals surface area contributed by atoms with Crippen molar-refractivity contribution in [3.63, 3.8) is 0 Å². The number of para-hydroxylation sites is 3. The molecule has 0 fully saturated rings. The van der Waals surface area contributed by atoms with E-state index in [0.717, 1.165) is 130 Å². The van der Waals surface area contributed by atoms with Crippen molar-refractivity contribution in [2.24, 2.45) is 0 Å². The van der Waals surface area contributed by atoms with Gasteiger partial charge in [0.25, 0.3) is 0 Å². The number of hydrogen-bond acceptors (Lipinski definition) is 11. The lowest BCUT2D eigenvalue weighted by molar-refractivity contribution is 0.603. The van der Waals surface area contributed by atoms with Crippen molar-refractivity contribution in [1.82, 2.24) is 24.9 Å². The van der Waals surface area contributed by atoms with Gasteiger partial charge in [0.1, 0.15) is 17.2 Å². The summed E-state index contributed by atoms with van der Waals surface area (Å²) in [5.41, 5.74) is 33.5. The van der Waals surface area contributed by atoms with Gasteiger partial charge in [-0.2, -0.15) is 0 Å². The second-order valence-corrected chi connectivity index (χ2v) is 29.6. The number of benzene rings is 15. The van der Waals surface area contributed by atoms with Crippen LogP contribution < -0.4 is 44.8 Å². The summed E-state index contributed by atoms with van der Waals surface area (Å²) in [7, 11) is -0.603. The first-order chi connectivity index (χ1) is 58.0. The zero-order valence-electron chi connectivity index (χ0n) is 63.2. The van der Waals surface area contributed by atoms with E-state index in [4.69, 9.17) is 38.9 Å². The van der Waals surface area contributed by atoms with E-state index in [1.165, 1.54) is 61.0 Å². The van der Waals surface area contributed by atoms with Gasteiger partial charge in [0.15, 0.2) is 11.6 Å². The minimum absolute atomic E-state index is 0.190. The molecule has 0 N–H and O–H groups in total. The van der Waals surface area contributed by atoms with Gasteiger partial charge in [-0.25, -0.2) is 24.9 Å². The van der Waals surface area contributed by atoms with Crippen molar-refractivity contribution in [1.29, 1.82) is 0 Å². The third-order valence-electron chi connectivity index (χ3n) is 22.7. The summed E-state index contributed by atoms with van der Waals surface area (Å²) in [6.07, 6.45) is 0. The molecule has 0 atom stereocenters. The molecule has 0 radical (unpaired) electrons. The zero-order valence-corrected chi connectivity index (χ0v) is 63.2. The maximum absolute atomic E-state index is 6.68. The number of anilines is 6. The van der Waals surface area contributed by atoms with Crippen LogP contribution in [0.4, 0.5) is 34.1 Å².